The van der Waals surface area contributed by atoms with Gasteiger partial charge < -0.3 is 25.6 Å². The Morgan fingerprint density at radius 1 is 0.953 bits per heavy atom. The average molecular weight is 581 g/mol. The maximum Gasteiger partial charge on any atom is 0.159 e. The van der Waals surface area contributed by atoms with Crippen molar-refractivity contribution in [1.82, 2.24) is 40.0 Å². The summed E-state index contributed by atoms with van der Waals surface area (Å²) in [7, 11) is 3.98. The number of fused-ring (bicyclic) bond motifs is 2. The van der Waals surface area contributed by atoms with E-state index in [1.165, 1.54) is 12.1 Å². The van der Waals surface area contributed by atoms with Crippen molar-refractivity contribution in [3.63, 3.8) is 0 Å². The first-order valence-electron chi connectivity index (χ1n) is 14.0. The molecule has 11 nitrogen and oxygen atoms in total. The summed E-state index contributed by atoms with van der Waals surface area (Å²) < 4.78 is 14.7. The minimum absolute atomic E-state index is 0.0439. The van der Waals surface area contributed by atoms with Gasteiger partial charge in [0.2, 0.25) is 0 Å². The average Bonchev–Trinajstić information content (AvgIpc) is 3.60. The number of aromatic nitrogens is 7. The van der Waals surface area contributed by atoms with Crippen LogP contribution in [-0.2, 0) is 0 Å². The van der Waals surface area contributed by atoms with Crippen LogP contribution < -0.4 is 10.6 Å². The van der Waals surface area contributed by atoms with Crippen molar-refractivity contribution in [2.45, 2.75) is 20.1 Å². The molecule has 5 heterocycles. The number of benzene rings is 1. The number of aliphatic hydroxyl groups excluding tert-OH is 1. The molecule has 12 heteroatoms. The number of nitrogens with one attached hydrogen (secondary N) is 4. The number of imidazole rings is 1. The molecular formula is C31H33FN10O. The second-order valence-corrected chi connectivity index (χ2v) is 11.1. The van der Waals surface area contributed by atoms with Crippen LogP contribution in [0.15, 0.2) is 61.2 Å². The van der Waals surface area contributed by atoms with Gasteiger partial charge in [-0.15, -0.1) is 0 Å². The van der Waals surface area contributed by atoms with Gasteiger partial charge in [0.15, 0.2) is 11.5 Å². The second kappa shape index (κ2) is 11.7. The zero-order valence-corrected chi connectivity index (χ0v) is 24.4. The molecule has 1 aromatic carbocycles. The number of aromatic amines is 2. The van der Waals surface area contributed by atoms with Crippen LogP contribution in [0.2, 0.25) is 0 Å². The minimum atomic E-state index is -0.691. The van der Waals surface area contributed by atoms with E-state index in [1.807, 2.05) is 52.2 Å². The summed E-state index contributed by atoms with van der Waals surface area (Å²) in [6.45, 7) is 5.37. The van der Waals surface area contributed by atoms with Crippen molar-refractivity contribution in [1.29, 1.82) is 0 Å². The molecule has 0 fully saturated rings. The van der Waals surface area contributed by atoms with E-state index in [-0.39, 0.29) is 11.7 Å². The lowest BCUT2D eigenvalue weighted by Gasteiger charge is -2.17. The summed E-state index contributed by atoms with van der Waals surface area (Å²) in [6, 6.07) is 10.5. The highest BCUT2D eigenvalue weighted by Gasteiger charge is 2.18. The van der Waals surface area contributed by atoms with Crippen molar-refractivity contribution < 1.29 is 9.50 Å². The number of hydrogen-bond acceptors (Lipinski definition) is 9. The molecular weight excluding hydrogens is 547 g/mol. The Balaban J connectivity index is 1.35. The first-order chi connectivity index (χ1) is 20.7. The van der Waals surface area contributed by atoms with Crippen LogP contribution in [0.5, 0.6) is 0 Å². The molecule has 0 saturated heterocycles. The smallest absolute Gasteiger partial charge is 0.159 e. The number of likely N-dealkylation sites (N-methyl/N-ethyl adjacent to an activating group) is 1. The third-order valence-corrected chi connectivity index (χ3v) is 7.12. The maximum atomic E-state index is 14.7. The van der Waals surface area contributed by atoms with Gasteiger partial charge in [0, 0.05) is 54.1 Å². The molecule has 0 saturated carbocycles. The van der Waals surface area contributed by atoms with E-state index in [9.17, 15) is 9.50 Å². The van der Waals surface area contributed by atoms with Gasteiger partial charge >= 0.3 is 0 Å². The highest BCUT2D eigenvalue weighted by atomic mass is 19.1. The van der Waals surface area contributed by atoms with Gasteiger partial charge in [-0.2, -0.15) is 5.10 Å². The van der Waals surface area contributed by atoms with Crippen LogP contribution in [0.4, 0.5) is 15.8 Å². The molecule has 6 rings (SSSR count). The van der Waals surface area contributed by atoms with Gasteiger partial charge in [-0.1, -0.05) is 13.8 Å². The molecule has 0 aliphatic carbocycles. The van der Waals surface area contributed by atoms with Gasteiger partial charge in [-0.3, -0.25) is 15.1 Å². The summed E-state index contributed by atoms with van der Waals surface area (Å²) in [5, 5.41) is 24.9. The first kappa shape index (κ1) is 28.2. The van der Waals surface area contributed by atoms with E-state index >= 15 is 0 Å². The van der Waals surface area contributed by atoms with Crippen LogP contribution in [0.1, 0.15) is 13.8 Å². The third-order valence-electron chi connectivity index (χ3n) is 7.12. The van der Waals surface area contributed by atoms with Crippen molar-refractivity contribution in [3.05, 3.63) is 67.0 Å². The summed E-state index contributed by atoms with van der Waals surface area (Å²) in [6.07, 6.45) is 6.15. The van der Waals surface area contributed by atoms with Crippen molar-refractivity contribution in [2.24, 2.45) is 5.92 Å². The normalized spacial score (nSPS) is 12.5. The van der Waals surface area contributed by atoms with E-state index in [0.29, 0.717) is 51.9 Å². The van der Waals surface area contributed by atoms with Crippen LogP contribution in [0, 0.1) is 11.7 Å². The van der Waals surface area contributed by atoms with Crippen LogP contribution >= 0.6 is 0 Å². The Labute approximate surface area is 247 Å². The topological polar surface area (TPSA) is 144 Å². The Kier molecular flexibility index (Phi) is 7.70. The number of hydrogen-bond donors (Lipinski definition) is 5. The molecule has 0 bridgehead atoms. The van der Waals surface area contributed by atoms with E-state index in [1.54, 1.807) is 24.8 Å². The molecule has 220 valence electrons. The van der Waals surface area contributed by atoms with Gasteiger partial charge in [0.25, 0.3) is 0 Å². The molecule has 0 amide bonds. The Hall–Kier alpha value is -4.94. The first-order valence-corrected chi connectivity index (χ1v) is 14.0. The monoisotopic (exact) mass is 580 g/mol. The molecule has 0 spiro atoms. The van der Waals surface area contributed by atoms with Crippen molar-refractivity contribution in [2.75, 3.05) is 37.8 Å². The number of anilines is 2. The molecule has 5 N–H and O–H groups in total. The van der Waals surface area contributed by atoms with Crippen LogP contribution in [0.25, 0.3) is 56.0 Å². The van der Waals surface area contributed by atoms with E-state index in [0.717, 1.165) is 28.6 Å². The Bertz CT molecular complexity index is 1900. The summed E-state index contributed by atoms with van der Waals surface area (Å²) >= 11 is 0. The van der Waals surface area contributed by atoms with E-state index in [2.05, 4.69) is 45.7 Å². The van der Waals surface area contributed by atoms with Gasteiger partial charge in [0.05, 0.1) is 28.5 Å². The fourth-order valence-electron chi connectivity index (χ4n) is 4.77. The minimum Gasteiger partial charge on any atom is -0.384 e. The van der Waals surface area contributed by atoms with Gasteiger partial charge in [-0.05, 0) is 56.4 Å². The number of rotatable bonds is 10. The third kappa shape index (κ3) is 6.01. The summed E-state index contributed by atoms with van der Waals surface area (Å²) in [5.41, 5.74) is 6.78. The van der Waals surface area contributed by atoms with E-state index in [4.69, 9.17) is 4.98 Å². The number of aliphatic hydroxyl groups is 1. The molecule has 43 heavy (non-hydrogen) atoms. The molecule has 1 unspecified atom stereocenters. The number of nitrogens with zero attached hydrogens (tertiary/aromatic N) is 6. The fraction of sp³-hybridized carbons (Fsp3) is 0.258. The number of pyridine rings is 3. The molecule has 0 radical (unpaired) electrons. The molecule has 1 atom stereocenters. The predicted molar refractivity (Wildman–Crippen MR) is 167 cm³/mol. The van der Waals surface area contributed by atoms with Crippen LogP contribution in [-0.4, -0.2) is 78.5 Å². The zero-order valence-electron chi connectivity index (χ0n) is 24.4. The lowest BCUT2D eigenvalue weighted by molar-refractivity contribution is 0.153. The molecule has 0 aliphatic rings. The van der Waals surface area contributed by atoms with Crippen LogP contribution in [0.3, 0.4) is 0 Å². The SMILES string of the molecule is CC(C)C(O)Nc1cncc(-c2cnc3[nH]nc(-c4nc5c(-c6cc(F)cc(NCCN(C)C)c6)nccc5[nH]4)c3c2)c1. The Morgan fingerprint density at radius 2 is 1.77 bits per heavy atom. The maximum absolute atomic E-state index is 14.7. The highest BCUT2D eigenvalue weighted by molar-refractivity contribution is 5.96. The standard InChI is InChI=1S/C31H33FN10O/c1-17(2)31(43)37-23-11-19(14-33-16-23)20-12-24-27(40-41-29(24)36-15-20)30-38-25-5-6-35-26(28(25)39-30)18-9-21(32)13-22(10-18)34-7-8-42(3)4/h5-6,9-17,31,34,37,43H,7-8H2,1-4H3,(H,38,39)(H,36,40,41). The lowest BCUT2D eigenvalue weighted by atomic mass is 10.1. The predicted octanol–water partition coefficient (Wildman–Crippen LogP) is 5.12. The lowest BCUT2D eigenvalue weighted by Crippen LogP contribution is -2.24. The van der Waals surface area contributed by atoms with Gasteiger partial charge in [0.1, 0.15) is 23.3 Å². The van der Waals surface area contributed by atoms with E-state index < -0.39 is 6.23 Å². The quantitative estimate of drug-likeness (QED) is 0.139. The van der Waals surface area contributed by atoms with Crippen molar-refractivity contribution >= 4 is 33.4 Å². The number of halogens is 1. The molecule has 6 aromatic rings. The van der Waals surface area contributed by atoms with Crippen molar-refractivity contribution in [3.8, 4) is 33.9 Å². The zero-order chi connectivity index (χ0) is 30.1. The summed E-state index contributed by atoms with van der Waals surface area (Å²) in [4.78, 5) is 23.8. The Morgan fingerprint density at radius 3 is 2.58 bits per heavy atom. The molecule has 5 aromatic heterocycles. The summed E-state index contributed by atoms with van der Waals surface area (Å²) in [5.74, 6) is 0.218. The highest BCUT2D eigenvalue weighted by Crippen LogP contribution is 2.33. The number of H-pyrrole nitrogens is 2. The second-order valence-electron chi connectivity index (χ2n) is 11.1. The fourth-order valence-corrected chi connectivity index (χ4v) is 4.77. The largest absolute Gasteiger partial charge is 0.384 e. The molecule has 0 aliphatic heterocycles. The van der Waals surface area contributed by atoms with Gasteiger partial charge in [-0.25, -0.2) is 14.4 Å².